The fourth-order valence-electron chi connectivity index (χ4n) is 4.31. The van der Waals surface area contributed by atoms with Gasteiger partial charge in [0.25, 0.3) is 0 Å². The van der Waals surface area contributed by atoms with Crippen molar-refractivity contribution < 1.29 is 9.59 Å². The van der Waals surface area contributed by atoms with Gasteiger partial charge < -0.3 is 15.1 Å². The highest BCUT2D eigenvalue weighted by Crippen LogP contribution is 2.40. The van der Waals surface area contributed by atoms with Crippen molar-refractivity contribution in [3.8, 4) is 0 Å². The van der Waals surface area contributed by atoms with E-state index in [9.17, 15) is 9.59 Å². The minimum atomic E-state index is -0.126. The number of benzene rings is 1. The van der Waals surface area contributed by atoms with Gasteiger partial charge in [-0.25, -0.2) is 9.97 Å². The molecule has 1 aliphatic carbocycles. The number of aryl methyl sites for hydroxylation is 1. The summed E-state index contributed by atoms with van der Waals surface area (Å²) in [5, 5.41) is 12.5. The minimum absolute atomic E-state index is 0.0196. The third kappa shape index (κ3) is 4.02. The maximum atomic E-state index is 13.0. The van der Waals surface area contributed by atoms with Crippen LogP contribution in [0.1, 0.15) is 16.9 Å². The Kier molecular flexibility index (Phi) is 5.45. The maximum Gasteiger partial charge on any atom is 0.241 e. The number of nitrogens with one attached hydrogen (secondary N) is 2. The topological polar surface area (TPSA) is 107 Å². The van der Waals surface area contributed by atoms with E-state index in [-0.39, 0.29) is 24.3 Å². The molecule has 1 aromatic carbocycles. The molecule has 9 nitrogen and oxygen atoms in total. The number of H-pyrrole nitrogens is 1. The van der Waals surface area contributed by atoms with Crippen LogP contribution in [0.2, 0.25) is 0 Å². The molecule has 0 radical (unpaired) electrons. The fourth-order valence-corrected chi connectivity index (χ4v) is 5.57. The van der Waals surface area contributed by atoms with Crippen LogP contribution >= 0.6 is 11.3 Å². The number of fused-ring (bicyclic) bond motifs is 4. The van der Waals surface area contributed by atoms with Gasteiger partial charge in [-0.05, 0) is 43.0 Å². The number of carbonyl (C=O) groups is 2. The minimum Gasteiger partial charge on any atom is -0.347 e. The first-order valence-corrected chi connectivity index (χ1v) is 11.6. The third-order valence-electron chi connectivity index (χ3n) is 6.14. The summed E-state index contributed by atoms with van der Waals surface area (Å²) in [6.07, 6.45) is 5.56. The zero-order valence-corrected chi connectivity index (χ0v) is 19.6. The molecule has 1 unspecified atom stereocenters. The number of rotatable bonds is 5. The van der Waals surface area contributed by atoms with Gasteiger partial charge in [-0.15, -0.1) is 11.3 Å². The lowest BCUT2D eigenvalue weighted by molar-refractivity contribution is -0.140. The monoisotopic (exact) mass is 463 g/mol. The average molecular weight is 464 g/mol. The lowest BCUT2D eigenvalue weighted by Gasteiger charge is -2.27. The molecule has 170 valence electrons. The zero-order chi connectivity index (χ0) is 23.1. The van der Waals surface area contributed by atoms with Crippen LogP contribution in [0, 0.1) is 5.92 Å². The summed E-state index contributed by atoms with van der Waals surface area (Å²) in [6, 6.07) is 6.01. The first-order chi connectivity index (χ1) is 15.9. The summed E-state index contributed by atoms with van der Waals surface area (Å²) in [5.41, 5.74) is 3.13. The number of nitrogens with zero attached hydrogens (tertiary/aromatic N) is 5. The summed E-state index contributed by atoms with van der Waals surface area (Å²) < 4.78 is 0. The normalized spacial score (nSPS) is 15.4. The lowest BCUT2D eigenvalue weighted by Crippen LogP contribution is -2.41. The van der Waals surface area contributed by atoms with E-state index >= 15 is 0 Å². The van der Waals surface area contributed by atoms with Crippen molar-refractivity contribution in [3.63, 3.8) is 0 Å². The van der Waals surface area contributed by atoms with Crippen molar-refractivity contribution >= 4 is 55.8 Å². The molecule has 4 aromatic rings. The standard InChI is InChI=1S/C23H25N7O2S/c1-29(2)19(31)11-30(3)23(32)13-4-6-16-18(9-13)33-22-20(16)21(24-12-25-22)27-15-5-7-17-14(8-15)10-26-28-17/h5,7-8,10,12-13H,4,6,9,11H2,1-3H3,(H,26,28)(H,24,25,27). The Morgan fingerprint density at radius 3 is 2.91 bits per heavy atom. The van der Waals surface area contributed by atoms with E-state index in [4.69, 9.17) is 0 Å². The first-order valence-electron chi connectivity index (χ1n) is 10.8. The van der Waals surface area contributed by atoms with E-state index < -0.39 is 0 Å². The van der Waals surface area contributed by atoms with Crippen molar-refractivity contribution in [1.82, 2.24) is 30.0 Å². The second-order valence-electron chi connectivity index (χ2n) is 8.63. The van der Waals surface area contributed by atoms with Crippen molar-refractivity contribution in [3.05, 3.63) is 41.2 Å². The maximum absolute atomic E-state index is 13.0. The van der Waals surface area contributed by atoms with E-state index in [0.717, 1.165) is 45.5 Å². The lowest BCUT2D eigenvalue weighted by atomic mass is 9.87. The van der Waals surface area contributed by atoms with Crippen molar-refractivity contribution in [1.29, 1.82) is 0 Å². The van der Waals surface area contributed by atoms with E-state index in [1.165, 1.54) is 15.3 Å². The van der Waals surface area contributed by atoms with Gasteiger partial charge in [0.15, 0.2) is 0 Å². The predicted molar refractivity (Wildman–Crippen MR) is 129 cm³/mol. The molecule has 1 aliphatic rings. The van der Waals surface area contributed by atoms with Crippen LogP contribution in [-0.4, -0.2) is 69.5 Å². The second-order valence-corrected chi connectivity index (χ2v) is 9.71. The molecule has 10 heteroatoms. The summed E-state index contributed by atoms with van der Waals surface area (Å²) in [6.45, 7) is 0.0994. The Morgan fingerprint density at radius 2 is 2.09 bits per heavy atom. The van der Waals surface area contributed by atoms with Crippen LogP contribution < -0.4 is 5.32 Å². The average Bonchev–Trinajstić information content (AvgIpc) is 3.42. The molecule has 0 saturated heterocycles. The van der Waals surface area contributed by atoms with E-state index in [1.807, 2.05) is 18.2 Å². The van der Waals surface area contributed by atoms with Crippen molar-refractivity contribution in [2.24, 2.45) is 5.92 Å². The molecule has 0 spiro atoms. The zero-order valence-electron chi connectivity index (χ0n) is 18.8. The van der Waals surface area contributed by atoms with Gasteiger partial charge in [0, 0.05) is 43.0 Å². The van der Waals surface area contributed by atoms with Crippen LogP contribution in [0.25, 0.3) is 21.1 Å². The summed E-state index contributed by atoms with van der Waals surface area (Å²) >= 11 is 1.63. The van der Waals surface area contributed by atoms with Gasteiger partial charge in [0.1, 0.15) is 17.0 Å². The quantitative estimate of drug-likeness (QED) is 0.471. The molecule has 0 saturated carbocycles. The van der Waals surface area contributed by atoms with Crippen LogP contribution in [-0.2, 0) is 22.4 Å². The summed E-state index contributed by atoms with van der Waals surface area (Å²) in [7, 11) is 5.10. The number of aromatic nitrogens is 4. The molecule has 5 rings (SSSR count). The fraction of sp³-hybridized carbons (Fsp3) is 0.348. The first kappa shape index (κ1) is 21.3. The van der Waals surface area contributed by atoms with Gasteiger partial charge in [0.05, 0.1) is 23.6 Å². The second kappa shape index (κ2) is 8.43. The van der Waals surface area contributed by atoms with Crippen molar-refractivity contribution in [2.45, 2.75) is 19.3 Å². The van der Waals surface area contributed by atoms with Gasteiger partial charge >= 0.3 is 0 Å². The number of aromatic amines is 1. The molecular weight excluding hydrogens is 438 g/mol. The molecule has 1 atom stereocenters. The van der Waals surface area contributed by atoms with Crippen LogP contribution in [0.4, 0.5) is 11.5 Å². The van der Waals surface area contributed by atoms with Crippen LogP contribution in [0.3, 0.4) is 0 Å². The Morgan fingerprint density at radius 1 is 1.24 bits per heavy atom. The molecule has 3 aromatic heterocycles. The predicted octanol–water partition coefficient (Wildman–Crippen LogP) is 2.96. The highest BCUT2D eigenvalue weighted by atomic mass is 32.1. The van der Waals surface area contributed by atoms with E-state index in [0.29, 0.717) is 6.42 Å². The number of thiophene rings is 1. The van der Waals surface area contributed by atoms with E-state index in [1.54, 1.807) is 49.9 Å². The Labute approximate surface area is 194 Å². The van der Waals surface area contributed by atoms with Gasteiger partial charge in [0.2, 0.25) is 11.8 Å². The molecule has 0 fully saturated rings. The van der Waals surface area contributed by atoms with Crippen LogP contribution in [0.5, 0.6) is 0 Å². The Hall–Kier alpha value is -3.53. The molecule has 2 N–H and O–H groups in total. The number of amides is 2. The SMILES string of the molecule is CN(C)C(=O)CN(C)C(=O)C1CCc2c(sc3ncnc(Nc4ccc5[nH]ncc5c4)c23)C1. The molecule has 33 heavy (non-hydrogen) atoms. The third-order valence-corrected chi connectivity index (χ3v) is 7.31. The van der Waals surface area contributed by atoms with Gasteiger partial charge in [-0.1, -0.05) is 0 Å². The number of likely N-dealkylation sites (N-methyl/N-ethyl adjacent to an activating group) is 2. The van der Waals surface area contributed by atoms with E-state index in [2.05, 4.69) is 25.5 Å². The Balaban J connectivity index is 1.39. The van der Waals surface area contributed by atoms with Crippen molar-refractivity contribution in [2.75, 3.05) is 33.0 Å². The molecule has 0 aliphatic heterocycles. The summed E-state index contributed by atoms with van der Waals surface area (Å²) in [4.78, 5) is 39.2. The number of carbonyl (C=O) groups excluding carboxylic acids is 2. The number of anilines is 2. The molecular formula is C23H25N7O2S. The highest BCUT2D eigenvalue weighted by molar-refractivity contribution is 7.19. The van der Waals surface area contributed by atoms with Gasteiger partial charge in [-0.2, -0.15) is 5.10 Å². The molecule has 2 amide bonds. The molecule has 0 bridgehead atoms. The van der Waals surface area contributed by atoms with Crippen LogP contribution in [0.15, 0.2) is 30.7 Å². The molecule has 3 heterocycles. The smallest absolute Gasteiger partial charge is 0.241 e. The highest BCUT2D eigenvalue weighted by Gasteiger charge is 2.31. The number of hydrogen-bond donors (Lipinski definition) is 2. The largest absolute Gasteiger partial charge is 0.347 e. The summed E-state index contributed by atoms with van der Waals surface area (Å²) in [5.74, 6) is 0.590. The Bertz CT molecular complexity index is 1360. The van der Waals surface area contributed by atoms with Gasteiger partial charge in [-0.3, -0.25) is 14.7 Å². The number of hydrogen-bond acceptors (Lipinski definition) is 7.